The molecule has 9 nitrogen and oxygen atoms in total. The number of carbonyl (C=O) groups is 4. The normalized spacial score (nSPS) is 41.6. The van der Waals surface area contributed by atoms with Gasteiger partial charge in [0.2, 0.25) is 0 Å². The van der Waals surface area contributed by atoms with E-state index in [2.05, 4.69) is 39.3 Å². The van der Waals surface area contributed by atoms with Crippen LogP contribution in [-0.4, -0.2) is 59.3 Å². The number of rotatable bonds is 8. The molecule has 10 atom stereocenters. The Balaban J connectivity index is 1.28. The summed E-state index contributed by atoms with van der Waals surface area (Å²) in [7, 11) is -7.38. The summed E-state index contributed by atoms with van der Waals surface area (Å²) < 4.78 is 18.8. The molecule has 1 heterocycles. The van der Waals surface area contributed by atoms with Crippen molar-refractivity contribution in [2.75, 3.05) is 0 Å². The summed E-state index contributed by atoms with van der Waals surface area (Å²) in [5.74, 6) is -4.93. The van der Waals surface area contributed by atoms with Gasteiger partial charge < -0.3 is 23.2 Å². The monoisotopic (exact) mass is 554 g/mol. The van der Waals surface area contributed by atoms with Crippen LogP contribution in [0.2, 0.25) is 50.4 Å². The Labute approximate surface area is 214 Å². The maximum atomic E-state index is 12.4. The summed E-state index contributed by atoms with van der Waals surface area (Å²) in [5, 5.41) is 19.5. The van der Waals surface area contributed by atoms with Crippen molar-refractivity contribution in [3.8, 4) is 0 Å². The lowest BCUT2D eigenvalue weighted by atomic mass is 9.79. The van der Waals surface area contributed by atoms with Gasteiger partial charge in [0, 0.05) is 0 Å². The maximum Gasteiger partial charge on any atom is 0.317 e. The molecule has 5 fully saturated rings. The van der Waals surface area contributed by atoms with Crippen molar-refractivity contribution in [2.24, 2.45) is 47.3 Å². The summed E-state index contributed by atoms with van der Waals surface area (Å²) in [6.07, 6.45) is 3.13. The Kier molecular flexibility index (Phi) is 6.07. The smallest absolute Gasteiger partial charge is 0.317 e. The summed E-state index contributed by atoms with van der Waals surface area (Å²) in [6, 6.07) is 0. The van der Waals surface area contributed by atoms with E-state index in [0.717, 1.165) is 12.8 Å². The van der Waals surface area contributed by atoms with Crippen molar-refractivity contribution >= 4 is 49.1 Å². The first-order valence-electron chi connectivity index (χ1n) is 13.2. The van der Waals surface area contributed by atoms with E-state index in [1.54, 1.807) is 0 Å². The van der Waals surface area contributed by atoms with E-state index in [-0.39, 0.29) is 58.5 Å². The third-order valence-corrected chi connectivity index (χ3v) is 23.2. The van der Waals surface area contributed by atoms with Crippen molar-refractivity contribution in [1.82, 2.24) is 0 Å². The molecule has 0 aromatic carbocycles. The molecule has 10 unspecified atom stereocenters. The highest BCUT2D eigenvalue weighted by molar-refractivity contribution is 6.88. The number of esters is 2. The number of carboxylic acids is 2. The fraction of sp³-hybridized carbons (Fsp3) is 0.833. The van der Waals surface area contributed by atoms with Crippen molar-refractivity contribution in [2.45, 2.75) is 76.0 Å². The third kappa shape index (κ3) is 3.98. The first-order chi connectivity index (χ1) is 16.5. The van der Waals surface area contributed by atoms with Gasteiger partial charge in [-0.2, -0.15) is 0 Å². The van der Waals surface area contributed by atoms with Gasteiger partial charge in [0.05, 0.1) is 23.7 Å². The minimum atomic E-state index is -2.64. The predicted octanol–water partition coefficient (Wildman–Crippen LogP) is 3.67. The Hall–Kier alpha value is -1.35. The maximum absolute atomic E-state index is 12.4. The second-order valence-corrected chi connectivity index (χ2v) is 25.7. The first kappa shape index (κ1) is 26.3. The van der Waals surface area contributed by atoms with Gasteiger partial charge in [-0.15, -0.1) is 0 Å². The molecule has 4 saturated carbocycles. The summed E-state index contributed by atoms with van der Waals surface area (Å²) in [5.41, 5.74) is 0.347. The highest BCUT2D eigenvalue weighted by atomic mass is 28.5. The molecule has 0 spiro atoms. The van der Waals surface area contributed by atoms with Crippen LogP contribution in [0.5, 0.6) is 0 Å². The number of carboxylic acid groups (broad SMARTS) is 2. The molecular formula is C24H38O9Si3. The number of fused-ring (bicyclic) bond motifs is 7. The molecule has 4 aliphatic carbocycles. The summed E-state index contributed by atoms with van der Waals surface area (Å²) in [6.45, 7) is 12.8. The van der Waals surface area contributed by atoms with Crippen molar-refractivity contribution in [3.63, 3.8) is 0 Å². The van der Waals surface area contributed by atoms with Gasteiger partial charge in [-0.3, -0.25) is 19.2 Å². The van der Waals surface area contributed by atoms with E-state index >= 15 is 0 Å². The number of hydrogen-bond acceptors (Lipinski definition) is 7. The minimum absolute atomic E-state index is 0.0851. The third-order valence-electron chi connectivity index (χ3n) is 10.1. The number of cyclic esters (lactones) is 2. The molecule has 0 aromatic rings. The van der Waals surface area contributed by atoms with Crippen LogP contribution in [0.4, 0.5) is 0 Å². The number of ether oxygens (including phenoxy) is 1. The fourth-order valence-electron chi connectivity index (χ4n) is 9.35. The summed E-state index contributed by atoms with van der Waals surface area (Å²) in [4.78, 5) is 48.4. The van der Waals surface area contributed by atoms with Crippen molar-refractivity contribution in [3.05, 3.63) is 0 Å². The average molecular weight is 555 g/mol. The lowest BCUT2D eigenvalue weighted by Gasteiger charge is -2.46. The molecule has 0 radical (unpaired) electrons. The lowest BCUT2D eigenvalue weighted by Crippen LogP contribution is -2.57. The zero-order valence-corrected chi connectivity index (χ0v) is 24.9. The number of carbonyl (C=O) groups excluding carboxylic acids is 2. The van der Waals surface area contributed by atoms with Gasteiger partial charge in [0.15, 0.2) is 16.6 Å². The quantitative estimate of drug-likeness (QED) is 0.261. The van der Waals surface area contributed by atoms with Crippen LogP contribution >= 0.6 is 0 Å². The lowest BCUT2D eigenvalue weighted by molar-refractivity contribution is -0.156. The van der Waals surface area contributed by atoms with Crippen molar-refractivity contribution in [1.29, 1.82) is 0 Å². The molecule has 2 N–H and O–H groups in total. The highest BCUT2D eigenvalue weighted by Gasteiger charge is 2.66. The van der Waals surface area contributed by atoms with Gasteiger partial charge in [-0.05, 0) is 99.7 Å². The average Bonchev–Trinajstić information content (AvgIpc) is 3.50. The molecule has 5 aliphatic rings. The Morgan fingerprint density at radius 2 is 1.19 bits per heavy atom. The molecule has 4 bridgehead atoms. The molecule has 200 valence electrons. The van der Waals surface area contributed by atoms with Crippen LogP contribution in [-0.2, 0) is 32.1 Å². The van der Waals surface area contributed by atoms with E-state index in [1.165, 1.54) is 0 Å². The van der Waals surface area contributed by atoms with Gasteiger partial charge >= 0.3 is 32.4 Å². The van der Waals surface area contributed by atoms with E-state index in [1.807, 2.05) is 0 Å². The molecule has 1 saturated heterocycles. The molecule has 5 rings (SSSR count). The Morgan fingerprint density at radius 3 is 1.75 bits per heavy atom. The van der Waals surface area contributed by atoms with Gasteiger partial charge in [0.25, 0.3) is 0 Å². The van der Waals surface area contributed by atoms with Crippen LogP contribution in [0, 0.1) is 47.3 Å². The molecule has 36 heavy (non-hydrogen) atoms. The van der Waals surface area contributed by atoms with E-state index in [0.29, 0.717) is 12.8 Å². The van der Waals surface area contributed by atoms with Crippen LogP contribution in [0.3, 0.4) is 0 Å². The van der Waals surface area contributed by atoms with E-state index in [9.17, 15) is 29.4 Å². The second kappa shape index (κ2) is 8.32. The Bertz CT molecular complexity index is 1010. The first-order valence-corrected chi connectivity index (χ1v) is 21.9. The molecule has 12 heteroatoms. The molecule has 1 aliphatic heterocycles. The van der Waals surface area contributed by atoms with E-state index < -0.39 is 49.0 Å². The number of aliphatic carboxylic acids is 2. The van der Waals surface area contributed by atoms with Crippen LogP contribution in [0.1, 0.15) is 25.7 Å². The Morgan fingerprint density at radius 1 is 0.722 bits per heavy atom. The second-order valence-electron chi connectivity index (χ2n) is 13.3. The van der Waals surface area contributed by atoms with Crippen LogP contribution < -0.4 is 0 Å². The zero-order chi connectivity index (χ0) is 26.5. The zero-order valence-electron chi connectivity index (χ0n) is 21.9. The van der Waals surface area contributed by atoms with Gasteiger partial charge in [-0.1, -0.05) is 0 Å². The standard InChI is InChI=1S/C24H38O9Si3/c1-34(2,15-9-11-7-13(15)19(22(27)28)17(11)21(25)26)32-36(5,6)33-35(3,4)16-10-12-8-14(16)20-18(12)23(29)31-24(20)30/h11-20H,7-10H2,1-6H3,(H,25,26)(H,27,28). The SMILES string of the molecule is C[Si](C)(O[Si](C)(C)C1CC2CC1C(C(=O)O)C2C(=O)O)O[Si](C)(C)C1CC2CC1C1C(=O)OC(=O)C21. The molecular weight excluding hydrogens is 517 g/mol. The molecule has 0 amide bonds. The predicted molar refractivity (Wildman–Crippen MR) is 135 cm³/mol. The fourth-order valence-corrected chi connectivity index (χ4v) is 25.7. The topological polar surface area (TPSA) is 136 Å². The van der Waals surface area contributed by atoms with Crippen LogP contribution in [0.15, 0.2) is 0 Å². The minimum Gasteiger partial charge on any atom is -0.481 e. The van der Waals surface area contributed by atoms with Crippen LogP contribution in [0.25, 0.3) is 0 Å². The van der Waals surface area contributed by atoms with Gasteiger partial charge in [-0.25, -0.2) is 0 Å². The van der Waals surface area contributed by atoms with Crippen molar-refractivity contribution < 1.29 is 42.4 Å². The summed E-state index contributed by atoms with van der Waals surface area (Å²) >= 11 is 0. The van der Waals surface area contributed by atoms with E-state index in [4.69, 9.17) is 13.0 Å². The largest absolute Gasteiger partial charge is 0.481 e. The number of hydrogen-bond donors (Lipinski definition) is 2. The highest BCUT2D eigenvalue weighted by Crippen LogP contribution is 2.64. The van der Waals surface area contributed by atoms with Gasteiger partial charge in [0.1, 0.15) is 0 Å². The molecule has 0 aromatic heterocycles.